The zero-order valence-electron chi connectivity index (χ0n) is 18.3. The molecule has 0 fully saturated rings. The topological polar surface area (TPSA) is 86.5 Å². The van der Waals surface area contributed by atoms with Gasteiger partial charge in [0.25, 0.3) is 15.8 Å². The molecule has 1 rings (SSSR count). The van der Waals surface area contributed by atoms with Crippen molar-refractivity contribution >= 4 is 15.8 Å². The van der Waals surface area contributed by atoms with Crippen molar-refractivity contribution in [1.29, 1.82) is 0 Å². The molecule has 0 aliphatic carbocycles. The predicted octanol–water partition coefficient (Wildman–Crippen LogP) is 6.35. The van der Waals surface area contributed by atoms with E-state index in [0.29, 0.717) is 12.0 Å². The van der Waals surface area contributed by atoms with E-state index in [4.69, 9.17) is 4.18 Å². The van der Waals surface area contributed by atoms with E-state index >= 15 is 0 Å². The Hall–Kier alpha value is -1.73. The summed E-state index contributed by atoms with van der Waals surface area (Å²) in [6.07, 6.45) is 15.2. The third kappa shape index (κ3) is 12.8. The maximum absolute atomic E-state index is 12.0. The largest absolute Gasteiger partial charge is 0.274 e. The molecule has 170 valence electrons. The molecule has 6 nitrogen and oxygen atoms in total. The Morgan fingerprint density at radius 2 is 1.40 bits per heavy atom. The van der Waals surface area contributed by atoms with Crippen LogP contribution < -0.4 is 0 Å². The van der Waals surface area contributed by atoms with Crippen molar-refractivity contribution in [3.8, 4) is 0 Å². The van der Waals surface area contributed by atoms with Gasteiger partial charge in [-0.2, -0.15) is 8.42 Å². The van der Waals surface area contributed by atoms with Gasteiger partial charge in [0.15, 0.2) is 0 Å². The van der Waals surface area contributed by atoms with Crippen LogP contribution in [0, 0.1) is 10.1 Å². The van der Waals surface area contributed by atoms with Crippen LogP contribution in [0.5, 0.6) is 0 Å². The van der Waals surface area contributed by atoms with Crippen molar-refractivity contribution in [2.45, 2.75) is 84.0 Å². The molecule has 0 heterocycles. The van der Waals surface area contributed by atoms with Gasteiger partial charge in [-0.1, -0.05) is 95.8 Å². The van der Waals surface area contributed by atoms with E-state index in [1.807, 2.05) is 0 Å². The average molecular weight is 440 g/mol. The second-order valence-electron chi connectivity index (χ2n) is 7.65. The van der Waals surface area contributed by atoms with E-state index in [1.165, 1.54) is 57.4 Å². The third-order valence-electron chi connectivity index (χ3n) is 5.04. The number of rotatable bonds is 18. The molecule has 0 aliphatic rings. The Labute approximate surface area is 182 Å². The molecular formula is C23H37NO5S. The SMILES string of the molecule is CCCCCCCCCCCCCCS(=O)(=O)OC/C=C(/c1ccccc1)[N+](=O)[O-]. The minimum absolute atomic E-state index is 0.0442. The van der Waals surface area contributed by atoms with Gasteiger partial charge in [-0.05, 0) is 18.6 Å². The van der Waals surface area contributed by atoms with Crippen LogP contribution in [0.2, 0.25) is 0 Å². The van der Waals surface area contributed by atoms with E-state index in [0.717, 1.165) is 19.3 Å². The molecule has 1 aromatic carbocycles. The zero-order chi connectivity index (χ0) is 22.1. The number of hydrogen-bond acceptors (Lipinski definition) is 5. The lowest BCUT2D eigenvalue weighted by Crippen LogP contribution is -2.11. The molecule has 0 unspecified atom stereocenters. The number of nitro groups is 1. The van der Waals surface area contributed by atoms with Gasteiger partial charge in [-0.3, -0.25) is 14.3 Å². The molecule has 0 radical (unpaired) electrons. The van der Waals surface area contributed by atoms with Crippen molar-refractivity contribution in [2.24, 2.45) is 0 Å². The molecule has 0 aromatic heterocycles. The Morgan fingerprint density at radius 3 is 1.90 bits per heavy atom. The normalized spacial score (nSPS) is 12.2. The summed E-state index contributed by atoms with van der Waals surface area (Å²) in [5, 5.41) is 11.2. The fourth-order valence-corrected chi connectivity index (χ4v) is 4.25. The number of hydrogen-bond donors (Lipinski definition) is 0. The molecule has 0 saturated carbocycles. The highest BCUT2D eigenvalue weighted by molar-refractivity contribution is 7.86. The summed E-state index contributed by atoms with van der Waals surface area (Å²) in [5.74, 6) is -0.0442. The Bertz CT molecular complexity index is 716. The first kappa shape index (κ1) is 26.3. The minimum atomic E-state index is -3.66. The molecule has 0 spiro atoms. The van der Waals surface area contributed by atoms with Crippen molar-refractivity contribution in [3.05, 3.63) is 52.1 Å². The summed E-state index contributed by atoms with van der Waals surface area (Å²) >= 11 is 0. The van der Waals surface area contributed by atoms with Crippen LogP contribution in [-0.4, -0.2) is 25.7 Å². The summed E-state index contributed by atoms with van der Waals surface area (Å²) < 4.78 is 28.9. The van der Waals surface area contributed by atoms with Crippen LogP contribution in [0.3, 0.4) is 0 Å². The summed E-state index contributed by atoms with van der Waals surface area (Å²) in [6, 6.07) is 8.36. The average Bonchev–Trinajstić information content (AvgIpc) is 2.72. The fourth-order valence-electron chi connectivity index (χ4n) is 3.30. The Morgan fingerprint density at radius 1 is 0.900 bits per heavy atom. The van der Waals surface area contributed by atoms with Crippen molar-refractivity contribution < 1.29 is 17.5 Å². The van der Waals surface area contributed by atoms with Gasteiger partial charge in [-0.25, -0.2) is 0 Å². The molecule has 30 heavy (non-hydrogen) atoms. The third-order valence-corrected chi connectivity index (χ3v) is 6.32. The lowest BCUT2D eigenvalue weighted by molar-refractivity contribution is -0.375. The summed E-state index contributed by atoms with van der Waals surface area (Å²) in [7, 11) is -3.66. The molecule has 0 N–H and O–H groups in total. The predicted molar refractivity (Wildman–Crippen MR) is 122 cm³/mol. The number of unbranched alkanes of at least 4 members (excludes halogenated alkanes) is 11. The molecule has 7 heteroatoms. The van der Waals surface area contributed by atoms with Gasteiger partial charge in [-0.15, -0.1) is 0 Å². The van der Waals surface area contributed by atoms with Gasteiger partial charge in [0.1, 0.15) is 0 Å². The van der Waals surface area contributed by atoms with Gasteiger partial charge in [0.05, 0.1) is 22.8 Å². The van der Waals surface area contributed by atoms with Gasteiger partial charge < -0.3 is 0 Å². The maximum atomic E-state index is 12.0. The van der Waals surface area contributed by atoms with Gasteiger partial charge in [0.2, 0.25) is 0 Å². The molecule has 0 bridgehead atoms. The quantitative estimate of drug-likeness (QED) is 0.115. The highest BCUT2D eigenvalue weighted by Crippen LogP contribution is 2.15. The zero-order valence-corrected chi connectivity index (χ0v) is 19.1. The van der Waals surface area contributed by atoms with Crippen LogP contribution in [0.1, 0.15) is 89.5 Å². The first-order valence-corrected chi connectivity index (χ1v) is 12.8. The van der Waals surface area contributed by atoms with E-state index in [2.05, 4.69) is 6.92 Å². The monoisotopic (exact) mass is 439 g/mol. The van der Waals surface area contributed by atoms with Crippen LogP contribution in [-0.2, 0) is 14.3 Å². The van der Waals surface area contributed by atoms with E-state index in [1.54, 1.807) is 30.3 Å². The van der Waals surface area contributed by atoms with Gasteiger partial charge >= 0.3 is 0 Å². The molecule has 0 aliphatic heterocycles. The molecular weight excluding hydrogens is 402 g/mol. The number of benzene rings is 1. The fraction of sp³-hybridized carbons (Fsp3) is 0.652. The smallest absolute Gasteiger partial charge is 0.266 e. The first-order valence-electron chi connectivity index (χ1n) is 11.2. The van der Waals surface area contributed by atoms with E-state index in [-0.39, 0.29) is 18.1 Å². The summed E-state index contributed by atoms with van der Waals surface area (Å²) in [4.78, 5) is 10.7. The highest BCUT2D eigenvalue weighted by Gasteiger charge is 2.15. The van der Waals surface area contributed by atoms with E-state index in [9.17, 15) is 18.5 Å². The molecule has 0 atom stereocenters. The Balaban J connectivity index is 2.15. The summed E-state index contributed by atoms with van der Waals surface area (Å²) in [6.45, 7) is 1.90. The van der Waals surface area contributed by atoms with Gasteiger partial charge in [0, 0.05) is 6.08 Å². The van der Waals surface area contributed by atoms with Crippen molar-refractivity contribution in [3.63, 3.8) is 0 Å². The molecule has 0 saturated heterocycles. The minimum Gasteiger partial charge on any atom is -0.266 e. The van der Waals surface area contributed by atoms with E-state index < -0.39 is 15.0 Å². The second-order valence-corrected chi connectivity index (χ2v) is 9.41. The highest BCUT2D eigenvalue weighted by atomic mass is 32.2. The molecule has 1 aromatic rings. The number of nitrogens with zero attached hydrogens (tertiary/aromatic N) is 1. The lowest BCUT2D eigenvalue weighted by atomic mass is 10.1. The Kier molecular flexibility index (Phi) is 14.1. The first-order chi connectivity index (χ1) is 14.5. The lowest BCUT2D eigenvalue weighted by Gasteiger charge is -2.05. The van der Waals surface area contributed by atoms with Crippen LogP contribution >= 0.6 is 0 Å². The maximum Gasteiger partial charge on any atom is 0.274 e. The van der Waals surface area contributed by atoms with Crippen LogP contribution in [0.4, 0.5) is 0 Å². The van der Waals surface area contributed by atoms with Crippen LogP contribution in [0.15, 0.2) is 36.4 Å². The van der Waals surface area contributed by atoms with Crippen molar-refractivity contribution in [1.82, 2.24) is 0 Å². The molecule has 0 amide bonds. The standard InChI is InChI=1S/C23H37NO5S/c1-2-3-4-5-6-7-8-9-10-11-12-16-21-30(27,28)29-20-19-23(24(25)26)22-17-14-13-15-18-22/h13-15,17-19H,2-12,16,20-21H2,1H3/b23-19-. The summed E-state index contributed by atoms with van der Waals surface area (Å²) in [5.41, 5.74) is 0.264. The van der Waals surface area contributed by atoms with Crippen molar-refractivity contribution in [2.75, 3.05) is 12.4 Å². The second kappa shape index (κ2) is 16.0. The van der Waals surface area contributed by atoms with Crippen LogP contribution in [0.25, 0.3) is 5.70 Å².